The molecule has 1 rings (SSSR count). The Balaban J connectivity index is 3.28. The third-order valence-corrected chi connectivity index (χ3v) is 2.43. The van der Waals surface area contributed by atoms with Crippen LogP contribution < -0.4 is 0 Å². The Morgan fingerprint density at radius 2 is 1.67 bits per heavy atom. The van der Waals surface area contributed by atoms with Crippen molar-refractivity contribution in [1.29, 1.82) is 0 Å². The number of aryl methyl sites for hydroxylation is 2. The van der Waals surface area contributed by atoms with E-state index >= 15 is 0 Å². The summed E-state index contributed by atoms with van der Waals surface area (Å²) < 4.78 is 1.07. The lowest BCUT2D eigenvalue weighted by Crippen LogP contribution is -1.98. The van der Waals surface area contributed by atoms with Crippen LogP contribution in [0.25, 0.3) is 0 Å². The Bertz CT molecular complexity index is 269. The molecule has 1 atom stereocenters. The molecule has 0 heterocycles. The maximum Gasteiger partial charge on any atom is 0.0767 e. The van der Waals surface area contributed by atoms with Crippen molar-refractivity contribution in [2.24, 2.45) is 0 Å². The lowest BCUT2D eigenvalue weighted by Gasteiger charge is -2.12. The molecule has 0 aromatic heterocycles. The summed E-state index contributed by atoms with van der Waals surface area (Å²) in [7, 11) is 0. The van der Waals surface area contributed by atoms with Crippen molar-refractivity contribution in [3.05, 3.63) is 33.3 Å². The third-order valence-electron chi connectivity index (χ3n) is 1.98. The summed E-state index contributed by atoms with van der Waals surface area (Å²) in [6, 6.07) is 4.05. The average molecular weight is 229 g/mol. The first-order valence-corrected chi connectivity index (χ1v) is 4.76. The molecule has 0 fully saturated rings. The van der Waals surface area contributed by atoms with E-state index < -0.39 is 0 Å². The van der Waals surface area contributed by atoms with Crippen molar-refractivity contribution in [2.75, 3.05) is 0 Å². The molecule has 1 unspecified atom stereocenters. The van der Waals surface area contributed by atoms with E-state index in [0.717, 1.165) is 21.2 Å². The van der Waals surface area contributed by atoms with Crippen molar-refractivity contribution in [1.82, 2.24) is 0 Å². The van der Waals surface area contributed by atoms with Gasteiger partial charge in [0.1, 0.15) is 0 Å². The van der Waals surface area contributed by atoms with Gasteiger partial charge >= 0.3 is 0 Å². The van der Waals surface area contributed by atoms with E-state index in [4.69, 9.17) is 0 Å². The highest BCUT2D eigenvalue weighted by Crippen LogP contribution is 2.25. The van der Waals surface area contributed by atoms with Gasteiger partial charge in [0.05, 0.1) is 6.10 Å². The Labute approximate surface area is 81.6 Å². The number of rotatable bonds is 1. The Morgan fingerprint density at radius 3 is 2.00 bits per heavy atom. The number of hydrogen-bond acceptors (Lipinski definition) is 1. The minimum absolute atomic E-state index is 0.377. The van der Waals surface area contributed by atoms with Gasteiger partial charge in [0.15, 0.2) is 0 Å². The molecule has 0 aliphatic heterocycles. The Hall–Kier alpha value is -0.340. The fourth-order valence-electron chi connectivity index (χ4n) is 1.58. The highest BCUT2D eigenvalue weighted by Gasteiger charge is 2.08. The summed E-state index contributed by atoms with van der Waals surface area (Å²) in [5.74, 6) is 0. The lowest BCUT2D eigenvalue weighted by molar-refractivity contribution is 0.198. The van der Waals surface area contributed by atoms with Gasteiger partial charge in [-0.15, -0.1) is 0 Å². The summed E-state index contributed by atoms with van der Waals surface area (Å²) in [4.78, 5) is 0. The molecule has 66 valence electrons. The predicted molar refractivity (Wildman–Crippen MR) is 54.2 cm³/mol. The fourth-order valence-corrected chi connectivity index (χ4v) is 2.27. The molecule has 2 heteroatoms. The normalized spacial score (nSPS) is 13.1. The molecule has 0 amide bonds. The molecular weight excluding hydrogens is 216 g/mol. The van der Waals surface area contributed by atoms with Gasteiger partial charge in [-0.25, -0.2) is 0 Å². The van der Waals surface area contributed by atoms with Crippen molar-refractivity contribution >= 4 is 15.9 Å². The zero-order valence-electron chi connectivity index (χ0n) is 7.56. The minimum Gasteiger partial charge on any atom is -0.389 e. The SMILES string of the molecule is Cc1cc(Br)cc(C)c1C(C)O. The van der Waals surface area contributed by atoms with E-state index in [-0.39, 0.29) is 6.10 Å². The molecule has 0 radical (unpaired) electrons. The zero-order chi connectivity index (χ0) is 9.30. The highest BCUT2D eigenvalue weighted by molar-refractivity contribution is 9.10. The van der Waals surface area contributed by atoms with E-state index in [0.29, 0.717) is 0 Å². The van der Waals surface area contributed by atoms with Crippen LogP contribution in [-0.2, 0) is 0 Å². The second kappa shape index (κ2) is 3.58. The van der Waals surface area contributed by atoms with Crippen LogP contribution >= 0.6 is 15.9 Å². The molecule has 1 aromatic carbocycles. The topological polar surface area (TPSA) is 20.2 Å². The van der Waals surface area contributed by atoms with Crippen molar-refractivity contribution in [2.45, 2.75) is 26.9 Å². The van der Waals surface area contributed by atoms with E-state index in [9.17, 15) is 5.11 Å². The lowest BCUT2D eigenvalue weighted by atomic mass is 9.99. The molecule has 0 aliphatic carbocycles. The van der Waals surface area contributed by atoms with Gasteiger partial charge in [0.2, 0.25) is 0 Å². The molecule has 12 heavy (non-hydrogen) atoms. The first-order valence-electron chi connectivity index (χ1n) is 3.97. The van der Waals surface area contributed by atoms with Crippen LogP contribution in [0.15, 0.2) is 16.6 Å². The summed E-state index contributed by atoms with van der Waals surface area (Å²) in [5.41, 5.74) is 3.31. The van der Waals surface area contributed by atoms with Gasteiger partial charge in [0.25, 0.3) is 0 Å². The van der Waals surface area contributed by atoms with E-state index in [1.165, 1.54) is 0 Å². The van der Waals surface area contributed by atoms with Crippen molar-refractivity contribution in [3.8, 4) is 0 Å². The minimum atomic E-state index is -0.377. The molecule has 0 saturated carbocycles. The second-order valence-corrected chi connectivity index (χ2v) is 4.04. The molecule has 1 nitrogen and oxygen atoms in total. The maximum absolute atomic E-state index is 9.46. The molecule has 0 aliphatic rings. The fraction of sp³-hybridized carbons (Fsp3) is 0.400. The Kier molecular flexibility index (Phi) is 2.91. The molecule has 1 N–H and O–H groups in total. The van der Waals surface area contributed by atoms with Gasteiger partial charge < -0.3 is 5.11 Å². The van der Waals surface area contributed by atoms with Crippen LogP contribution in [0.3, 0.4) is 0 Å². The van der Waals surface area contributed by atoms with Crippen LogP contribution in [0.2, 0.25) is 0 Å². The largest absolute Gasteiger partial charge is 0.389 e. The number of aliphatic hydroxyl groups excluding tert-OH is 1. The number of halogens is 1. The van der Waals surface area contributed by atoms with Crippen LogP contribution in [0, 0.1) is 13.8 Å². The first-order chi connectivity index (χ1) is 5.52. The summed E-state index contributed by atoms with van der Waals surface area (Å²) in [6.45, 7) is 5.82. The molecule has 0 spiro atoms. The van der Waals surface area contributed by atoms with E-state index in [1.54, 1.807) is 6.92 Å². The Morgan fingerprint density at radius 1 is 1.25 bits per heavy atom. The smallest absolute Gasteiger partial charge is 0.0767 e. The average Bonchev–Trinajstić information content (AvgIpc) is 1.82. The van der Waals surface area contributed by atoms with Gasteiger partial charge in [-0.2, -0.15) is 0 Å². The second-order valence-electron chi connectivity index (χ2n) is 3.13. The van der Waals surface area contributed by atoms with E-state index in [2.05, 4.69) is 15.9 Å². The quantitative estimate of drug-likeness (QED) is 0.784. The first kappa shape index (κ1) is 9.75. The number of aliphatic hydroxyl groups is 1. The monoisotopic (exact) mass is 228 g/mol. The van der Waals surface area contributed by atoms with Crippen LogP contribution in [0.4, 0.5) is 0 Å². The van der Waals surface area contributed by atoms with Crippen LogP contribution in [-0.4, -0.2) is 5.11 Å². The number of hydrogen-bond donors (Lipinski definition) is 1. The summed E-state index contributed by atoms with van der Waals surface area (Å²) in [5, 5.41) is 9.46. The van der Waals surface area contributed by atoms with Crippen LogP contribution in [0.5, 0.6) is 0 Å². The van der Waals surface area contributed by atoms with Gasteiger partial charge in [-0.1, -0.05) is 15.9 Å². The standard InChI is InChI=1S/C10H13BrO/c1-6-4-9(11)5-7(2)10(6)8(3)12/h4-5,8,12H,1-3H3. The van der Waals surface area contributed by atoms with Crippen LogP contribution in [0.1, 0.15) is 29.7 Å². The maximum atomic E-state index is 9.46. The highest BCUT2D eigenvalue weighted by atomic mass is 79.9. The molecule has 1 aromatic rings. The zero-order valence-corrected chi connectivity index (χ0v) is 9.14. The third kappa shape index (κ3) is 1.87. The van der Waals surface area contributed by atoms with Crippen molar-refractivity contribution < 1.29 is 5.11 Å². The summed E-state index contributed by atoms with van der Waals surface area (Å²) in [6.07, 6.45) is -0.377. The van der Waals surface area contributed by atoms with Crippen molar-refractivity contribution in [3.63, 3.8) is 0 Å². The summed E-state index contributed by atoms with van der Waals surface area (Å²) >= 11 is 3.41. The number of benzene rings is 1. The molecule has 0 saturated heterocycles. The predicted octanol–water partition coefficient (Wildman–Crippen LogP) is 3.12. The molecule has 0 bridgehead atoms. The van der Waals surface area contributed by atoms with Gasteiger partial charge in [-0.05, 0) is 49.6 Å². The van der Waals surface area contributed by atoms with Gasteiger partial charge in [-0.3, -0.25) is 0 Å². The van der Waals surface area contributed by atoms with Gasteiger partial charge in [0, 0.05) is 4.47 Å². The van der Waals surface area contributed by atoms with E-state index in [1.807, 2.05) is 26.0 Å². The molecular formula is C10H13BrO.